The normalized spacial score (nSPS) is 16.4. The Balaban J connectivity index is 2.18. The third-order valence-corrected chi connectivity index (χ3v) is 2.96. The number of rotatable bonds is 2. The number of aryl methyl sites for hydroxylation is 1. The SMILES string of the molecule is CCn1nc(N)cc1C(=O)N1CCCCC1. The highest BCUT2D eigenvalue weighted by Crippen LogP contribution is 2.14. The highest BCUT2D eigenvalue weighted by atomic mass is 16.2. The molecule has 0 aromatic carbocycles. The van der Waals surface area contributed by atoms with Gasteiger partial charge in [-0.1, -0.05) is 0 Å². The Kier molecular flexibility index (Phi) is 3.12. The molecule has 0 radical (unpaired) electrons. The molecule has 88 valence electrons. The van der Waals surface area contributed by atoms with Gasteiger partial charge in [-0.15, -0.1) is 0 Å². The van der Waals surface area contributed by atoms with E-state index in [0.29, 0.717) is 18.1 Å². The molecule has 0 spiro atoms. The van der Waals surface area contributed by atoms with Crippen molar-refractivity contribution in [3.05, 3.63) is 11.8 Å². The molecule has 5 nitrogen and oxygen atoms in total. The first-order chi connectivity index (χ1) is 7.72. The molecule has 1 aliphatic rings. The van der Waals surface area contributed by atoms with Crippen LogP contribution >= 0.6 is 0 Å². The second-order valence-corrected chi connectivity index (χ2v) is 4.12. The van der Waals surface area contributed by atoms with Gasteiger partial charge in [0, 0.05) is 25.7 Å². The molecule has 1 amide bonds. The van der Waals surface area contributed by atoms with E-state index in [0.717, 1.165) is 25.9 Å². The van der Waals surface area contributed by atoms with E-state index < -0.39 is 0 Å². The molecule has 16 heavy (non-hydrogen) atoms. The molecule has 0 saturated carbocycles. The lowest BCUT2D eigenvalue weighted by Gasteiger charge is -2.26. The highest BCUT2D eigenvalue weighted by Gasteiger charge is 2.21. The molecule has 2 rings (SSSR count). The summed E-state index contributed by atoms with van der Waals surface area (Å²) in [6.07, 6.45) is 3.42. The van der Waals surface area contributed by atoms with Crippen molar-refractivity contribution in [2.24, 2.45) is 0 Å². The van der Waals surface area contributed by atoms with E-state index in [-0.39, 0.29) is 5.91 Å². The Bertz CT molecular complexity index is 379. The number of carbonyl (C=O) groups excluding carboxylic acids is 1. The number of likely N-dealkylation sites (tertiary alicyclic amines) is 1. The van der Waals surface area contributed by atoms with Crippen LogP contribution in [0.15, 0.2) is 6.07 Å². The molecule has 2 heterocycles. The number of aromatic nitrogens is 2. The van der Waals surface area contributed by atoms with Crippen molar-refractivity contribution in [2.75, 3.05) is 18.8 Å². The Morgan fingerprint density at radius 3 is 2.75 bits per heavy atom. The number of piperidine rings is 1. The topological polar surface area (TPSA) is 64.2 Å². The highest BCUT2D eigenvalue weighted by molar-refractivity contribution is 5.93. The van der Waals surface area contributed by atoms with Crippen LogP contribution in [0.5, 0.6) is 0 Å². The number of nitrogens with two attached hydrogens (primary N) is 1. The maximum Gasteiger partial charge on any atom is 0.272 e. The van der Waals surface area contributed by atoms with Crippen LogP contribution in [0.2, 0.25) is 0 Å². The summed E-state index contributed by atoms with van der Waals surface area (Å²) in [4.78, 5) is 14.1. The summed E-state index contributed by atoms with van der Waals surface area (Å²) in [6.45, 7) is 4.34. The number of nitrogen functional groups attached to an aromatic ring is 1. The fourth-order valence-corrected chi connectivity index (χ4v) is 2.11. The maximum atomic E-state index is 12.2. The Morgan fingerprint density at radius 2 is 2.12 bits per heavy atom. The standard InChI is InChI=1S/C11H18N4O/c1-2-15-9(8-10(12)13-15)11(16)14-6-4-3-5-7-14/h8H,2-7H2,1H3,(H2,12,13). The lowest BCUT2D eigenvalue weighted by molar-refractivity contribution is 0.0712. The van der Waals surface area contributed by atoms with Gasteiger partial charge in [0.25, 0.3) is 5.91 Å². The first-order valence-electron chi connectivity index (χ1n) is 5.85. The molecule has 0 bridgehead atoms. The molecular formula is C11H18N4O. The molecule has 1 aromatic heterocycles. The van der Waals surface area contributed by atoms with E-state index in [2.05, 4.69) is 5.10 Å². The average molecular weight is 222 g/mol. The molecule has 1 aliphatic heterocycles. The number of hydrogen-bond acceptors (Lipinski definition) is 3. The van der Waals surface area contributed by atoms with E-state index in [1.165, 1.54) is 6.42 Å². The third kappa shape index (κ3) is 2.03. The summed E-state index contributed by atoms with van der Waals surface area (Å²) in [5.41, 5.74) is 6.23. The zero-order chi connectivity index (χ0) is 11.5. The van der Waals surface area contributed by atoms with Crippen LogP contribution in [0.25, 0.3) is 0 Å². The van der Waals surface area contributed by atoms with Crippen molar-refractivity contribution in [1.82, 2.24) is 14.7 Å². The van der Waals surface area contributed by atoms with Gasteiger partial charge in [-0.05, 0) is 26.2 Å². The van der Waals surface area contributed by atoms with Crippen LogP contribution in [-0.2, 0) is 6.54 Å². The van der Waals surface area contributed by atoms with Gasteiger partial charge < -0.3 is 10.6 Å². The molecular weight excluding hydrogens is 204 g/mol. The smallest absolute Gasteiger partial charge is 0.272 e. The molecule has 1 fully saturated rings. The third-order valence-electron chi connectivity index (χ3n) is 2.96. The molecule has 0 atom stereocenters. The summed E-state index contributed by atoms with van der Waals surface area (Å²) in [7, 11) is 0. The number of anilines is 1. The first-order valence-corrected chi connectivity index (χ1v) is 5.85. The van der Waals surface area contributed by atoms with E-state index in [9.17, 15) is 4.79 Å². The van der Waals surface area contributed by atoms with Gasteiger partial charge in [0.1, 0.15) is 11.5 Å². The zero-order valence-electron chi connectivity index (χ0n) is 9.65. The van der Waals surface area contributed by atoms with Crippen LogP contribution in [-0.4, -0.2) is 33.7 Å². The maximum absolute atomic E-state index is 12.2. The van der Waals surface area contributed by atoms with Gasteiger partial charge in [0.05, 0.1) is 0 Å². The quantitative estimate of drug-likeness (QED) is 0.815. The van der Waals surface area contributed by atoms with Crippen molar-refractivity contribution in [1.29, 1.82) is 0 Å². The Morgan fingerprint density at radius 1 is 1.44 bits per heavy atom. The number of hydrogen-bond donors (Lipinski definition) is 1. The van der Waals surface area contributed by atoms with Gasteiger partial charge in [-0.25, -0.2) is 0 Å². The second-order valence-electron chi connectivity index (χ2n) is 4.12. The fraction of sp³-hybridized carbons (Fsp3) is 0.636. The monoisotopic (exact) mass is 222 g/mol. The lowest BCUT2D eigenvalue weighted by atomic mass is 10.1. The van der Waals surface area contributed by atoms with Gasteiger partial charge >= 0.3 is 0 Å². The van der Waals surface area contributed by atoms with Crippen molar-refractivity contribution >= 4 is 11.7 Å². The summed E-state index contributed by atoms with van der Waals surface area (Å²) in [5.74, 6) is 0.480. The van der Waals surface area contributed by atoms with E-state index >= 15 is 0 Å². The van der Waals surface area contributed by atoms with Crippen LogP contribution < -0.4 is 5.73 Å². The number of carbonyl (C=O) groups is 1. The zero-order valence-corrected chi connectivity index (χ0v) is 9.65. The molecule has 1 aromatic rings. The van der Waals surface area contributed by atoms with Crippen molar-refractivity contribution in [3.8, 4) is 0 Å². The molecule has 5 heteroatoms. The van der Waals surface area contributed by atoms with E-state index in [1.807, 2.05) is 11.8 Å². The fourth-order valence-electron chi connectivity index (χ4n) is 2.11. The first kappa shape index (κ1) is 11.0. The summed E-state index contributed by atoms with van der Waals surface area (Å²) in [5, 5.41) is 4.09. The summed E-state index contributed by atoms with van der Waals surface area (Å²) in [6, 6.07) is 1.67. The van der Waals surface area contributed by atoms with Crippen LogP contribution in [0.3, 0.4) is 0 Å². The van der Waals surface area contributed by atoms with Gasteiger partial charge in [-0.2, -0.15) is 5.10 Å². The predicted molar refractivity (Wildman–Crippen MR) is 62.1 cm³/mol. The summed E-state index contributed by atoms with van der Waals surface area (Å²) < 4.78 is 1.67. The minimum atomic E-state index is 0.0609. The minimum Gasteiger partial charge on any atom is -0.382 e. The predicted octanol–water partition coefficient (Wildman–Crippen LogP) is 1.11. The Hall–Kier alpha value is -1.52. The van der Waals surface area contributed by atoms with Crippen LogP contribution in [0.1, 0.15) is 36.7 Å². The minimum absolute atomic E-state index is 0.0609. The average Bonchev–Trinajstić information content (AvgIpc) is 2.70. The molecule has 0 unspecified atom stereocenters. The van der Waals surface area contributed by atoms with E-state index in [4.69, 9.17) is 5.73 Å². The van der Waals surface area contributed by atoms with Crippen LogP contribution in [0.4, 0.5) is 5.82 Å². The Labute approximate surface area is 95.2 Å². The van der Waals surface area contributed by atoms with Crippen molar-refractivity contribution < 1.29 is 4.79 Å². The van der Waals surface area contributed by atoms with Crippen LogP contribution in [0, 0.1) is 0 Å². The second kappa shape index (κ2) is 4.55. The van der Waals surface area contributed by atoms with Gasteiger partial charge in [-0.3, -0.25) is 9.48 Å². The summed E-state index contributed by atoms with van der Waals surface area (Å²) >= 11 is 0. The lowest BCUT2D eigenvalue weighted by Crippen LogP contribution is -2.36. The van der Waals surface area contributed by atoms with E-state index in [1.54, 1.807) is 10.7 Å². The van der Waals surface area contributed by atoms with Crippen molar-refractivity contribution in [3.63, 3.8) is 0 Å². The van der Waals surface area contributed by atoms with Gasteiger partial charge in [0.15, 0.2) is 0 Å². The number of amides is 1. The largest absolute Gasteiger partial charge is 0.382 e. The molecule has 0 aliphatic carbocycles. The molecule has 1 saturated heterocycles. The molecule has 2 N–H and O–H groups in total. The van der Waals surface area contributed by atoms with Crippen molar-refractivity contribution in [2.45, 2.75) is 32.7 Å². The number of nitrogens with zero attached hydrogens (tertiary/aromatic N) is 3. The van der Waals surface area contributed by atoms with Gasteiger partial charge in [0.2, 0.25) is 0 Å².